The Hall–Kier alpha value is -3.22. The molecule has 0 spiro atoms. The van der Waals surface area contributed by atoms with Gasteiger partial charge in [0.25, 0.3) is 0 Å². The molecule has 1 fully saturated rings. The molecule has 2 unspecified atom stereocenters. The Morgan fingerprint density at radius 3 is 2.64 bits per heavy atom. The third-order valence-corrected chi connectivity index (χ3v) is 7.71. The van der Waals surface area contributed by atoms with Gasteiger partial charge in [0.1, 0.15) is 24.3 Å². The first kappa shape index (κ1) is 30.2. The maximum Gasteiger partial charge on any atom is 0.308 e. The molecular formula is C30H37ClN4O7. The number of rotatable bonds is 13. The van der Waals surface area contributed by atoms with Crippen molar-refractivity contribution in [2.75, 3.05) is 27.4 Å². The molecule has 226 valence electrons. The second-order valence-electron chi connectivity index (χ2n) is 10.5. The molecule has 3 N–H and O–H groups in total. The van der Waals surface area contributed by atoms with Crippen molar-refractivity contribution in [1.29, 1.82) is 0 Å². The Balaban J connectivity index is 1.45. The number of aromatic nitrogens is 3. The molecule has 1 saturated carbocycles. The van der Waals surface area contributed by atoms with Crippen LogP contribution in [0.4, 0.5) is 0 Å². The zero-order chi connectivity index (χ0) is 29.8. The number of para-hydroxylation sites is 1. The molecule has 2 heterocycles. The lowest BCUT2D eigenvalue weighted by atomic mass is 9.98. The van der Waals surface area contributed by atoms with E-state index < -0.39 is 30.5 Å². The van der Waals surface area contributed by atoms with Crippen molar-refractivity contribution in [1.82, 2.24) is 20.1 Å². The van der Waals surface area contributed by atoms with E-state index in [0.717, 1.165) is 35.5 Å². The highest BCUT2D eigenvalue weighted by Crippen LogP contribution is 2.48. The number of hydrogen-bond acceptors (Lipinski definition) is 10. The highest BCUT2D eigenvalue weighted by Gasteiger charge is 2.39. The number of fused-ring (bicyclic) bond motifs is 3. The zero-order valence-electron chi connectivity index (χ0n) is 24.0. The molecule has 2 aromatic carbocycles. The summed E-state index contributed by atoms with van der Waals surface area (Å²) in [6.07, 6.45) is -0.519. The predicted octanol–water partition coefficient (Wildman–Crippen LogP) is 3.98. The third-order valence-electron chi connectivity index (χ3n) is 7.47. The summed E-state index contributed by atoms with van der Waals surface area (Å²) in [5.74, 6) is 2.46. The fourth-order valence-electron chi connectivity index (χ4n) is 5.33. The van der Waals surface area contributed by atoms with E-state index in [4.69, 9.17) is 30.5 Å². The van der Waals surface area contributed by atoms with Gasteiger partial charge in [-0.1, -0.05) is 23.7 Å². The summed E-state index contributed by atoms with van der Waals surface area (Å²) < 4.78 is 25.2. The van der Waals surface area contributed by atoms with Crippen LogP contribution < -0.4 is 14.8 Å². The molecule has 4 atom stereocenters. The largest absolute Gasteiger partial charge is 0.493 e. The first-order chi connectivity index (χ1) is 20.3. The van der Waals surface area contributed by atoms with Crippen LogP contribution in [0.25, 0.3) is 5.69 Å². The Labute approximate surface area is 249 Å². The van der Waals surface area contributed by atoms with Gasteiger partial charge in [-0.2, -0.15) is 0 Å². The Bertz CT molecular complexity index is 1400. The van der Waals surface area contributed by atoms with E-state index in [-0.39, 0.29) is 26.0 Å². The van der Waals surface area contributed by atoms with E-state index >= 15 is 0 Å². The van der Waals surface area contributed by atoms with Crippen molar-refractivity contribution < 1.29 is 34.0 Å². The lowest BCUT2D eigenvalue weighted by molar-refractivity contribution is -0.145. The normalized spacial score (nSPS) is 19.3. The molecule has 0 radical (unpaired) electrons. The standard InChI is InChI=1S/C30H37ClN4O7/c1-4-41-26(38)15-19(36)16-32-25(37)13-12-24-30-34-33-29(17-8-9-17)35(30)22-11-10-18(31)14-21(22)27(42-24)20-6-5-7-23(39-2)28(20)40-3/h5-7,10-11,14,17,19,24-25,27,32,36-37H,4,8-9,12-13,15-16H2,1-3H3/t19?,24-,25?,27-/m1/s1. The van der Waals surface area contributed by atoms with Gasteiger partial charge in [-0.25, -0.2) is 0 Å². The summed E-state index contributed by atoms with van der Waals surface area (Å²) in [4.78, 5) is 11.7. The average Bonchev–Trinajstić information content (AvgIpc) is 3.76. The highest BCUT2D eigenvalue weighted by molar-refractivity contribution is 6.30. The van der Waals surface area contributed by atoms with Crippen molar-refractivity contribution >= 4 is 17.6 Å². The topological polar surface area (TPSA) is 137 Å². The second kappa shape index (κ2) is 13.4. The van der Waals surface area contributed by atoms with Gasteiger partial charge in [0.15, 0.2) is 17.3 Å². The van der Waals surface area contributed by atoms with Gasteiger partial charge < -0.3 is 29.2 Å². The SMILES string of the molecule is CCOC(=O)CC(O)CNC(O)CC[C@H]1O[C@H](c2cccc(OC)c2OC)c2cc(Cl)ccc2-n2c(C3CC3)nnc21. The minimum absolute atomic E-state index is 0.0289. The van der Waals surface area contributed by atoms with Crippen LogP contribution in [0.5, 0.6) is 11.5 Å². The first-order valence-corrected chi connectivity index (χ1v) is 14.6. The van der Waals surface area contributed by atoms with Crippen molar-refractivity contribution in [3.05, 3.63) is 64.2 Å². The van der Waals surface area contributed by atoms with Crippen LogP contribution in [0.1, 0.15) is 79.9 Å². The van der Waals surface area contributed by atoms with Gasteiger partial charge in [0.2, 0.25) is 0 Å². The van der Waals surface area contributed by atoms with E-state index in [9.17, 15) is 15.0 Å². The maximum atomic E-state index is 11.7. The van der Waals surface area contributed by atoms with Gasteiger partial charge in [0.05, 0.1) is 39.0 Å². The minimum atomic E-state index is -0.985. The summed E-state index contributed by atoms with van der Waals surface area (Å²) in [5, 5.41) is 33.5. The van der Waals surface area contributed by atoms with E-state index in [0.29, 0.717) is 34.7 Å². The van der Waals surface area contributed by atoms with E-state index in [1.165, 1.54) is 0 Å². The number of aliphatic hydroxyl groups is 2. The van der Waals surface area contributed by atoms with Crippen molar-refractivity contribution in [2.24, 2.45) is 0 Å². The number of aliphatic hydroxyl groups excluding tert-OH is 2. The van der Waals surface area contributed by atoms with E-state index in [2.05, 4.69) is 20.1 Å². The van der Waals surface area contributed by atoms with Gasteiger partial charge >= 0.3 is 5.97 Å². The minimum Gasteiger partial charge on any atom is -0.493 e. The number of carbonyl (C=O) groups excluding carboxylic acids is 1. The highest BCUT2D eigenvalue weighted by atomic mass is 35.5. The Morgan fingerprint density at radius 1 is 1.14 bits per heavy atom. The monoisotopic (exact) mass is 600 g/mol. The van der Waals surface area contributed by atoms with E-state index in [1.807, 2.05) is 36.4 Å². The van der Waals surface area contributed by atoms with Gasteiger partial charge in [-0.05, 0) is 56.9 Å². The fraction of sp³-hybridized carbons (Fsp3) is 0.500. The summed E-state index contributed by atoms with van der Waals surface area (Å²) in [7, 11) is 3.18. The van der Waals surface area contributed by atoms with E-state index in [1.54, 1.807) is 21.1 Å². The molecule has 1 aliphatic carbocycles. The number of carbonyl (C=O) groups is 1. The number of nitrogens with zero attached hydrogens (tertiary/aromatic N) is 3. The maximum absolute atomic E-state index is 11.7. The predicted molar refractivity (Wildman–Crippen MR) is 154 cm³/mol. The van der Waals surface area contributed by atoms with Crippen LogP contribution in [0.15, 0.2) is 36.4 Å². The summed E-state index contributed by atoms with van der Waals surface area (Å²) >= 11 is 6.54. The fourth-order valence-corrected chi connectivity index (χ4v) is 5.51. The molecule has 0 saturated heterocycles. The Kier molecular flexibility index (Phi) is 9.64. The number of esters is 1. The molecule has 0 amide bonds. The number of nitrogens with one attached hydrogen (secondary N) is 1. The van der Waals surface area contributed by atoms with Crippen molar-refractivity contribution in [3.8, 4) is 17.2 Å². The van der Waals surface area contributed by atoms with Crippen LogP contribution in [-0.2, 0) is 14.3 Å². The van der Waals surface area contributed by atoms with Crippen LogP contribution in [-0.4, -0.2) is 70.6 Å². The van der Waals surface area contributed by atoms with Gasteiger partial charge in [-0.15, -0.1) is 10.2 Å². The van der Waals surface area contributed by atoms with Gasteiger partial charge in [0, 0.05) is 28.6 Å². The molecule has 5 rings (SSSR count). The van der Waals surface area contributed by atoms with Gasteiger partial charge in [-0.3, -0.25) is 14.7 Å². The molecule has 0 bridgehead atoms. The molecule has 42 heavy (non-hydrogen) atoms. The lowest BCUT2D eigenvalue weighted by Crippen LogP contribution is -2.37. The molecule has 12 heteroatoms. The first-order valence-electron chi connectivity index (χ1n) is 14.2. The third kappa shape index (κ3) is 6.55. The van der Waals surface area contributed by atoms with Crippen LogP contribution in [0.3, 0.4) is 0 Å². The number of methoxy groups -OCH3 is 2. The number of hydrogen-bond donors (Lipinski definition) is 3. The zero-order valence-corrected chi connectivity index (χ0v) is 24.7. The number of benzene rings is 2. The molecule has 1 aliphatic heterocycles. The quantitative estimate of drug-likeness (QED) is 0.195. The molecule has 2 aliphatic rings. The lowest BCUT2D eigenvalue weighted by Gasteiger charge is -2.25. The van der Waals surface area contributed by atoms with Crippen molar-refractivity contribution in [2.45, 2.75) is 69.5 Å². The summed E-state index contributed by atoms with van der Waals surface area (Å²) in [6.45, 7) is 1.98. The average molecular weight is 601 g/mol. The molecular weight excluding hydrogens is 564 g/mol. The summed E-state index contributed by atoms with van der Waals surface area (Å²) in [6, 6.07) is 11.3. The Morgan fingerprint density at radius 2 is 1.93 bits per heavy atom. The number of ether oxygens (including phenoxy) is 4. The second-order valence-corrected chi connectivity index (χ2v) is 10.9. The molecule has 1 aromatic heterocycles. The van der Waals surface area contributed by atoms with Crippen LogP contribution in [0, 0.1) is 0 Å². The number of halogens is 1. The van der Waals surface area contributed by atoms with Crippen molar-refractivity contribution in [3.63, 3.8) is 0 Å². The molecule has 3 aromatic rings. The summed E-state index contributed by atoms with van der Waals surface area (Å²) in [5.41, 5.74) is 2.47. The smallest absolute Gasteiger partial charge is 0.308 e. The molecule has 11 nitrogen and oxygen atoms in total. The van der Waals surface area contributed by atoms with Crippen LogP contribution in [0.2, 0.25) is 5.02 Å². The van der Waals surface area contributed by atoms with Crippen LogP contribution >= 0.6 is 11.6 Å².